The first-order valence-corrected chi connectivity index (χ1v) is 10.4. The van der Waals surface area contributed by atoms with Crippen LogP contribution in [0.5, 0.6) is 0 Å². The van der Waals surface area contributed by atoms with E-state index in [1.54, 1.807) is 36.3 Å². The van der Waals surface area contributed by atoms with Gasteiger partial charge in [-0.2, -0.15) is 0 Å². The molecule has 0 unspecified atom stereocenters. The van der Waals surface area contributed by atoms with Gasteiger partial charge in [0.1, 0.15) is 0 Å². The molecule has 0 aliphatic rings. The van der Waals surface area contributed by atoms with Crippen molar-refractivity contribution in [3.8, 4) is 17.1 Å². The minimum Gasteiger partial charge on any atom is -0.465 e. The number of carbonyl (C=O) groups excluding carboxylic acids is 1. The normalized spacial score (nSPS) is 10.7. The lowest BCUT2D eigenvalue weighted by Gasteiger charge is -2.12. The van der Waals surface area contributed by atoms with Crippen LogP contribution in [0, 0.1) is 6.92 Å². The summed E-state index contributed by atoms with van der Waals surface area (Å²) in [6.07, 6.45) is 3.53. The summed E-state index contributed by atoms with van der Waals surface area (Å²) >= 11 is 1.59. The predicted octanol–water partition coefficient (Wildman–Crippen LogP) is 4.72. The summed E-state index contributed by atoms with van der Waals surface area (Å²) < 4.78 is 6.82. The number of esters is 1. The van der Waals surface area contributed by atoms with Gasteiger partial charge >= 0.3 is 5.97 Å². The van der Waals surface area contributed by atoms with E-state index in [0.717, 1.165) is 33.4 Å². The van der Waals surface area contributed by atoms with Crippen LogP contribution in [0.25, 0.3) is 17.1 Å². The summed E-state index contributed by atoms with van der Waals surface area (Å²) in [7, 11) is 1.38. The molecule has 0 amide bonds. The Bertz CT molecular complexity index is 1160. The number of aryl methyl sites for hydroxylation is 1. The first-order valence-electron chi connectivity index (χ1n) is 9.39. The second-order valence-corrected chi connectivity index (χ2v) is 7.59. The molecule has 0 fully saturated rings. The summed E-state index contributed by atoms with van der Waals surface area (Å²) in [5, 5.41) is 9.71. The molecule has 0 aliphatic heterocycles. The summed E-state index contributed by atoms with van der Waals surface area (Å²) in [6.45, 7) is 2.07. The highest BCUT2D eigenvalue weighted by molar-refractivity contribution is 7.98. The monoisotopic (exact) mass is 416 g/mol. The maximum atomic E-state index is 11.6. The smallest absolute Gasteiger partial charge is 0.337 e. The van der Waals surface area contributed by atoms with E-state index >= 15 is 0 Å². The summed E-state index contributed by atoms with van der Waals surface area (Å²) in [5.74, 6) is 1.11. The Balaban J connectivity index is 1.66. The number of carbonyl (C=O) groups is 1. The van der Waals surface area contributed by atoms with Gasteiger partial charge in [0.15, 0.2) is 11.0 Å². The molecule has 7 heteroatoms. The van der Waals surface area contributed by atoms with Crippen molar-refractivity contribution >= 4 is 17.7 Å². The van der Waals surface area contributed by atoms with Crippen LogP contribution in [0.2, 0.25) is 0 Å². The number of aromatic nitrogens is 4. The standard InChI is InChI=1S/C23H20N4O2S/c1-16-6-3-4-8-20(16)27-21(19-7-5-13-24-14-19)25-26-23(27)30-15-17-9-11-18(12-10-17)22(28)29-2/h3-14H,15H2,1-2H3. The number of pyridine rings is 1. The first kappa shape index (κ1) is 19.8. The lowest BCUT2D eigenvalue weighted by molar-refractivity contribution is 0.0600. The Kier molecular flexibility index (Phi) is 5.90. The fourth-order valence-corrected chi connectivity index (χ4v) is 3.98. The van der Waals surface area contributed by atoms with E-state index in [1.807, 2.05) is 36.4 Å². The number of hydrogen-bond donors (Lipinski definition) is 0. The highest BCUT2D eigenvalue weighted by Crippen LogP contribution is 2.30. The molecule has 4 aromatic rings. The van der Waals surface area contributed by atoms with Gasteiger partial charge < -0.3 is 4.74 Å². The first-order chi connectivity index (χ1) is 14.7. The van der Waals surface area contributed by atoms with E-state index in [1.165, 1.54) is 7.11 Å². The summed E-state index contributed by atoms with van der Waals surface area (Å²) in [5.41, 5.74) is 4.68. The van der Waals surface area contributed by atoms with Crippen LogP contribution in [-0.2, 0) is 10.5 Å². The Morgan fingerprint density at radius 3 is 2.53 bits per heavy atom. The van der Waals surface area contributed by atoms with Crippen LogP contribution in [0.4, 0.5) is 0 Å². The Labute approximate surface area is 179 Å². The second kappa shape index (κ2) is 8.92. The van der Waals surface area contributed by atoms with Crippen molar-refractivity contribution < 1.29 is 9.53 Å². The van der Waals surface area contributed by atoms with Crippen LogP contribution in [-0.4, -0.2) is 32.8 Å². The fraction of sp³-hybridized carbons (Fsp3) is 0.130. The quantitative estimate of drug-likeness (QED) is 0.335. The topological polar surface area (TPSA) is 69.9 Å². The van der Waals surface area contributed by atoms with Gasteiger partial charge in [0.05, 0.1) is 18.4 Å². The fourth-order valence-electron chi connectivity index (χ4n) is 3.08. The van der Waals surface area contributed by atoms with Gasteiger partial charge in [-0.25, -0.2) is 4.79 Å². The van der Waals surface area contributed by atoms with E-state index < -0.39 is 0 Å². The average molecular weight is 417 g/mol. The summed E-state index contributed by atoms with van der Waals surface area (Å²) in [4.78, 5) is 15.8. The van der Waals surface area contributed by atoms with Crippen molar-refractivity contribution in [3.63, 3.8) is 0 Å². The molecule has 2 aromatic carbocycles. The van der Waals surface area contributed by atoms with Gasteiger partial charge in [-0.05, 0) is 48.4 Å². The average Bonchev–Trinajstić information content (AvgIpc) is 3.22. The lowest BCUT2D eigenvalue weighted by atomic mass is 10.1. The van der Waals surface area contributed by atoms with Gasteiger partial charge in [-0.15, -0.1) is 10.2 Å². The molecule has 30 heavy (non-hydrogen) atoms. The summed E-state index contributed by atoms with van der Waals surface area (Å²) in [6, 6.07) is 19.4. The SMILES string of the molecule is COC(=O)c1ccc(CSc2nnc(-c3cccnc3)n2-c2ccccc2C)cc1. The second-order valence-electron chi connectivity index (χ2n) is 6.65. The molecular weight excluding hydrogens is 396 g/mol. The predicted molar refractivity (Wildman–Crippen MR) is 117 cm³/mol. The molecule has 0 bridgehead atoms. The van der Waals surface area contributed by atoms with E-state index in [4.69, 9.17) is 4.74 Å². The number of ether oxygens (including phenoxy) is 1. The maximum Gasteiger partial charge on any atom is 0.337 e. The zero-order valence-corrected chi connectivity index (χ0v) is 17.5. The minimum atomic E-state index is -0.338. The third-order valence-corrected chi connectivity index (χ3v) is 5.65. The highest BCUT2D eigenvalue weighted by Gasteiger charge is 2.17. The number of nitrogens with zero attached hydrogens (tertiary/aromatic N) is 4. The third-order valence-electron chi connectivity index (χ3n) is 4.65. The molecule has 0 saturated carbocycles. The molecule has 0 saturated heterocycles. The number of para-hydroxylation sites is 1. The van der Waals surface area contributed by atoms with E-state index in [-0.39, 0.29) is 5.97 Å². The maximum absolute atomic E-state index is 11.6. The van der Waals surface area contributed by atoms with Crippen molar-refractivity contribution in [3.05, 3.63) is 89.7 Å². The van der Waals surface area contributed by atoms with Crippen LogP contribution in [0.3, 0.4) is 0 Å². The minimum absolute atomic E-state index is 0.338. The Morgan fingerprint density at radius 2 is 1.83 bits per heavy atom. The van der Waals surface area contributed by atoms with Gasteiger partial charge in [-0.3, -0.25) is 9.55 Å². The van der Waals surface area contributed by atoms with Gasteiger partial charge in [0.2, 0.25) is 0 Å². The van der Waals surface area contributed by atoms with Crippen LogP contribution < -0.4 is 0 Å². The van der Waals surface area contributed by atoms with Gasteiger partial charge in [0.25, 0.3) is 0 Å². The van der Waals surface area contributed by atoms with Gasteiger partial charge in [-0.1, -0.05) is 42.1 Å². The molecule has 2 heterocycles. The number of rotatable bonds is 6. The number of methoxy groups -OCH3 is 1. The van der Waals surface area contributed by atoms with Crippen molar-refractivity contribution in [1.82, 2.24) is 19.7 Å². The molecule has 0 aliphatic carbocycles. The molecule has 0 N–H and O–H groups in total. The molecule has 0 spiro atoms. The highest BCUT2D eigenvalue weighted by atomic mass is 32.2. The molecule has 0 atom stereocenters. The number of benzene rings is 2. The van der Waals surface area contributed by atoms with Crippen LogP contribution in [0.15, 0.2) is 78.2 Å². The molecule has 150 valence electrons. The van der Waals surface area contributed by atoms with Crippen LogP contribution in [0.1, 0.15) is 21.5 Å². The van der Waals surface area contributed by atoms with Crippen molar-refractivity contribution in [1.29, 1.82) is 0 Å². The number of thioether (sulfide) groups is 1. The van der Waals surface area contributed by atoms with Crippen molar-refractivity contribution in [2.24, 2.45) is 0 Å². The largest absolute Gasteiger partial charge is 0.465 e. The molecule has 4 rings (SSSR count). The van der Waals surface area contributed by atoms with E-state index in [2.05, 4.69) is 38.8 Å². The third kappa shape index (κ3) is 4.11. The molecule has 0 radical (unpaired) electrons. The molecule has 6 nitrogen and oxygen atoms in total. The van der Waals surface area contributed by atoms with Gasteiger partial charge in [0, 0.05) is 23.7 Å². The van der Waals surface area contributed by atoms with Crippen molar-refractivity contribution in [2.45, 2.75) is 17.8 Å². The molecule has 2 aromatic heterocycles. The lowest BCUT2D eigenvalue weighted by Crippen LogP contribution is -2.02. The van der Waals surface area contributed by atoms with E-state index in [9.17, 15) is 4.79 Å². The van der Waals surface area contributed by atoms with E-state index in [0.29, 0.717) is 11.3 Å². The zero-order chi connectivity index (χ0) is 20.9. The van der Waals surface area contributed by atoms with Crippen molar-refractivity contribution in [2.75, 3.05) is 7.11 Å². The zero-order valence-electron chi connectivity index (χ0n) is 16.6. The molecular formula is C23H20N4O2S. The Morgan fingerprint density at radius 1 is 1.03 bits per heavy atom. The van der Waals surface area contributed by atoms with Crippen LogP contribution >= 0.6 is 11.8 Å². The number of hydrogen-bond acceptors (Lipinski definition) is 6. The Hall–Kier alpha value is -3.45.